The minimum Gasteiger partial charge on any atom is -0.383 e. The number of hydrogen-bond donors (Lipinski definition) is 2. The first-order valence-corrected chi connectivity index (χ1v) is 8.05. The third-order valence-electron chi connectivity index (χ3n) is 4.30. The Labute approximate surface area is 135 Å². The maximum Gasteiger partial charge on any atom is 0.237 e. The third kappa shape index (κ3) is 4.26. The zero-order valence-corrected chi connectivity index (χ0v) is 13.6. The van der Waals surface area contributed by atoms with Crippen LogP contribution in [-0.2, 0) is 10.4 Å². The predicted octanol–water partition coefficient (Wildman–Crippen LogP) is 2.16. The SMILES string of the molecule is CCCN1CCCC1C(=O)NCC(C)(O)c1ccc(F)cc1F. The third-order valence-corrected chi connectivity index (χ3v) is 4.30. The van der Waals surface area contributed by atoms with E-state index in [-0.39, 0.29) is 24.1 Å². The summed E-state index contributed by atoms with van der Waals surface area (Å²) in [6, 6.07) is 2.83. The number of hydrogen-bond acceptors (Lipinski definition) is 3. The first-order valence-electron chi connectivity index (χ1n) is 8.05. The molecule has 23 heavy (non-hydrogen) atoms. The van der Waals surface area contributed by atoms with Crippen LogP contribution >= 0.6 is 0 Å². The molecule has 2 atom stereocenters. The van der Waals surface area contributed by atoms with Crippen molar-refractivity contribution in [2.45, 2.75) is 44.8 Å². The van der Waals surface area contributed by atoms with Gasteiger partial charge in [0.25, 0.3) is 0 Å². The van der Waals surface area contributed by atoms with Crippen molar-refractivity contribution in [1.29, 1.82) is 0 Å². The predicted molar refractivity (Wildman–Crippen MR) is 83.8 cm³/mol. The lowest BCUT2D eigenvalue weighted by Crippen LogP contribution is -2.47. The van der Waals surface area contributed by atoms with E-state index in [1.807, 2.05) is 0 Å². The van der Waals surface area contributed by atoms with Crippen LogP contribution in [-0.4, -0.2) is 41.6 Å². The molecule has 1 heterocycles. The molecule has 0 saturated carbocycles. The molecule has 1 aliphatic rings. The van der Waals surface area contributed by atoms with Gasteiger partial charge in [0.05, 0.1) is 12.6 Å². The van der Waals surface area contributed by atoms with Crippen LogP contribution in [0.1, 0.15) is 38.7 Å². The summed E-state index contributed by atoms with van der Waals surface area (Å²) < 4.78 is 26.8. The van der Waals surface area contributed by atoms with Gasteiger partial charge in [-0.15, -0.1) is 0 Å². The molecule has 4 nitrogen and oxygen atoms in total. The van der Waals surface area contributed by atoms with E-state index >= 15 is 0 Å². The second kappa shape index (κ2) is 7.36. The maximum atomic E-state index is 13.8. The molecule has 0 bridgehead atoms. The number of nitrogens with one attached hydrogen (secondary N) is 1. The quantitative estimate of drug-likeness (QED) is 0.842. The second-order valence-electron chi connectivity index (χ2n) is 6.31. The van der Waals surface area contributed by atoms with Gasteiger partial charge >= 0.3 is 0 Å². The van der Waals surface area contributed by atoms with E-state index in [0.29, 0.717) is 0 Å². The highest BCUT2D eigenvalue weighted by atomic mass is 19.1. The minimum absolute atomic E-state index is 0.0314. The summed E-state index contributed by atoms with van der Waals surface area (Å²) in [5.74, 6) is -1.68. The number of aliphatic hydroxyl groups is 1. The van der Waals surface area contributed by atoms with Crippen LogP contribution in [0.3, 0.4) is 0 Å². The molecule has 2 unspecified atom stereocenters. The topological polar surface area (TPSA) is 52.6 Å². The zero-order valence-electron chi connectivity index (χ0n) is 13.6. The van der Waals surface area contributed by atoms with Crippen molar-refractivity contribution in [1.82, 2.24) is 10.2 Å². The van der Waals surface area contributed by atoms with E-state index in [0.717, 1.165) is 44.5 Å². The lowest BCUT2D eigenvalue weighted by atomic mass is 9.95. The number of likely N-dealkylation sites (tertiary alicyclic amines) is 1. The molecule has 1 aromatic carbocycles. The van der Waals surface area contributed by atoms with Gasteiger partial charge in [0.2, 0.25) is 5.91 Å². The number of amides is 1. The Morgan fingerprint density at radius 3 is 2.87 bits per heavy atom. The van der Waals surface area contributed by atoms with Crippen molar-refractivity contribution < 1.29 is 18.7 Å². The van der Waals surface area contributed by atoms with Crippen LogP contribution in [0, 0.1) is 11.6 Å². The van der Waals surface area contributed by atoms with E-state index in [2.05, 4.69) is 17.1 Å². The van der Waals surface area contributed by atoms with Crippen molar-refractivity contribution in [3.8, 4) is 0 Å². The Hall–Kier alpha value is -1.53. The number of carbonyl (C=O) groups is 1. The van der Waals surface area contributed by atoms with Crippen LogP contribution < -0.4 is 5.32 Å². The van der Waals surface area contributed by atoms with Gasteiger partial charge in [-0.25, -0.2) is 8.78 Å². The molecule has 0 aliphatic carbocycles. The lowest BCUT2D eigenvalue weighted by Gasteiger charge is -2.27. The number of benzene rings is 1. The highest BCUT2D eigenvalue weighted by Crippen LogP contribution is 2.24. The van der Waals surface area contributed by atoms with Crippen molar-refractivity contribution in [2.75, 3.05) is 19.6 Å². The Morgan fingerprint density at radius 2 is 2.22 bits per heavy atom. The molecular formula is C17H24F2N2O2. The molecule has 0 radical (unpaired) electrons. The fraction of sp³-hybridized carbons (Fsp3) is 0.588. The fourth-order valence-electron chi connectivity index (χ4n) is 3.08. The van der Waals surface area contributed by atoms with E-state index in [1.54, 1.807) is 0 Å². The van der Waals surface area contributed by atoms with Crippen LogP contribution in [0.15, 0.2) is 18.2 Å². The molecule has 1 amide bonds. The zero-order chi connectivity index (χ0) is 17.0. The molecule has 1 fully saturated rings. The van der Waals surface area contributed by atoms with Gasteiger partial charge in [-0.1, -0.05) is 13.0 Å². The molecule has 0 spiro atoms. The standard InChI is InChI=1S/C17H24F2N2O2/c1-3-8-21-9-4-5-15(21)16(22)20-11-17(2,23)13-7-6-12(18)10-14(13)19/h6-7,10,15,23H,3-5,8-9,11H2,1-2H3,(H,20,22). The summed E-state index contributed by atoms with van der Waals surface area (Å²) in [6.45, 7) is 5.11. The van der Waals surface area contributed by atoms with Gasteiger partial charge < -0.3 is 10.4 Å². The van der Waals surface area contributed by atoms with E-state index in [9.17, 15) is 18.7 Å². The van der Waals surface area contributed by atoms with Gasteiger partial charge in [-0.3, -0.25) is 9.69 Å². The number of carbonyl (C=O) groups excluding carboxylic acids is 1. The second-order valence-corrected chi connectivity index (χ2v) is 6.31. The largest absolute Gasteiger partial charge is 0.383 e. The summed E-state index contributed by atoms with van der Waals surface area (Å²) in [6.07, 6.45) is 2.74. The Balaban J connectivity index is 1.99. The molecular weight excluding hydrogens is 302 g/mol. The van der Waals surface area contributed by atoms with Crippen molar-refractivity contribution in [3.05, 3.63) is 35.4 Å². The first kappa shape index (κ1) is 17.8. The number of halogens is 2. The smallest absolute Gasteiger partial charge is 0.237 e. The Kier molecular flexibility index (Phi) is 5.70. The van der Waals surface area contributed by atoms with Crippen molar-refractivity contribution in [2.24, 2.45) is 0 Å². The average Bonchev–Trinajstić information content (AvgIpc) is 2.93. The van der Waals surface area contributed by atoms with Gasteiger partial charge in [0.15, 0.2) is 0 Å². The van der Waals surface area contributed by atoms with Crippen LogP contribution in [0.4, 0.5) is 8.78 Å². The fourth-order valence-corrected chi connectivity index (χ4v) is 3.08. The van der Waals surface area contributed by atoms with Crippen LogP contribution in [0.25, 0.3) is 0 Å². The average molecular weight is 326 g/mol. The van der Waals surface area contributed by atoms with Crippen molar-refractivity contribution >= 4 is 5.91 Å². The molecule has 2 N–H and O–H groups in total. The lowest BCUT2D eigenvalue weighted by molar-refractivity contribution is -0.126. The summed E-state index contributed by atoms with van der Waals surface area (Å²) >= 11 is 0. The molecule has 0 aromatic heterocycles. The molecule has 1 aliphatic heterocycles. The van der Waals surface area contributed by atoms with E-state index in [4.69, 9.17) is 0 Å². The van der Waals surface area contributed by atoms with Crippen LogP contribution in [0.2, 0.25) is 0 Å². The summed E-state index contributed by atoms with van der Waals surface area (Å²) in [5.41, 5.74) is -1.63. The summed E-state index contributed by atoms with van der Waals surface area (Å²) in [5, 5.41) is 13.1. The molecule has 128 valence electrons. The molecule has 1 saturated heterocycles. The van der Waals surface area contributed by atoms with Crippen molar-refractivity contribution in [3.63, 3.8) is 0 Å². The number of nitrogens with zero attached hydrogens (tertiary/aromatic N) is 1. The molecule has 2 rings (SSSR count). The van der Waals surface area contributed by atoms with E-state index < -0.39 is 17.2 Å². The Morgan fingerprint density at radius 1 is 1.48 bits per heavy atom. The Bertz CT molecular complexity index is 564. The van der Waals surface area contributed by atoms with Gasteiger partial charge in [0.1, 0.15) is 17.2 Å². The van der Waals surface area contributed by atoms with E-state index in [1.165, 1.54) is 13.0 Å². The monoisotopic (exact) mass is 326 g/mol. The normalized spacial score (nSPS) is 21.2. The van der Waals surface area contributed by atoms with Gasteiger partial charge in [-0.05, 0) is 45.3 Å². The first-order chi connectivity index (χ1) is 10.8. The maximum absolute atomic E-state index is 13.8. The summed E-state index contributed by atoms with van der Waals surface area (Å²) in [4.78, 5) is 14.5. The molecule has 1 aromatic rings. The highest BCUT2D eigenvalue weighted by molar-refractivity contribution is 5.82. The summed E-state index contributed by atoms with van der Waals surface area (Å²) in [7, 11) is 0. The van der Waals surface area contributed by atoms with Crippen LogP contribution in [0.5, 0.6) is 0 Å². The molecule has 6 heteroatoms. The van der Waals surface area contributed by atoms with Gasteiger partial charge in [0, 0.05) is 11.6 Å². The minimum atomic E-state index is -1.60. The highest BCUT2D eigenvalue weighted by Gasteiger charge is 2.32. The number of rotatable bonds is 6. The van der Waals surface area contributed by atoms with Gasteiger partial charge in [-0.2, -0.15) is 0 Å².